The number of carbonyl (C=O) groups is 1. The third-order valence-corrected chi connectivity index (χ3v) is 4.21. The molecule has 1 N–H and O–H groups in total. The van der Waals surface area contributed by atoms with Gasteiger partial charge in [0.25, 0.3) is 0 Å². The van der Waals surface area contributed by atoms with Crippen LogP contribution in [0, 0.1) is 5.92 Å². The molecule has 0 spiro atoms. The quantitative estimate of drug-likeness (QED) is 0.687. The van der Waals surface area contributed by atoms with Crippen LogP contribution in [0.1, 0.15) is 20.3 Å². The van der Waals surface area contributed by atoms with Gasteiger partial charge in [0.05, 0.1) is 11.5 Å². The Hall–Kier alpha value is -0.580. The van der Waals surface area contributed by atoms with Gasteiger partial charge < -0.3 is 5.32 Å². The lowest BCUT2D eigenvalue weighted by molar-refractivity contribution is -0.121. The number of amides is 1. The summed E-state index contributed by atoms with van der Waals surface area (Å²) in [5.74, 6) is 0.260. The minimum Gasteiger partial charge on any atom is -0.352 e. The molecule has 0 aromatic carbocycles. The molecule has 1 fully saturated rings. The molecule has 76 valence electrons. The Bertz CT molecular complexity index is 297. The van der Waals surface area contributed by atoms with Crippen LogP contribution in [0.25, 0.3) is 0 Å². The average Bonchev–Trinajstić information content (AvgIpc) is 2.24. The number of hydrogen-bond acceptors (Lipinski definition) is 3. The van der Waals surface area contributed by atoms with Crippen molar-refractivity contribution in [2.75, 3.05) is 11.5 Å². The predicted molar refractivity (Wildman–Crippen MR) is 50.0 cm³/mol. The maximum absolute atomic E-state index is 11.2. The van der Waals surface area contributed by atoms with Crippen molar-refractivity contribution in [2.45, 2.75) is 26.3 Å². The molecule has 4 nitrogen and oxygen atoms in total. The van der Waals surface area contributed by atoms with Crippen molar-refractivity contribution >= 4 is 15.7 Å². The normalized spacial score (nSPS) is 31.5. The van der Waals surface area contributed by atoms with Crippen molar-refractivity contribution in [1.29, 1.82) is 0 Å². The number of nitrogens with one attached hydrogen (secondary N) is 1. The molecule has 0 aromatic heterocycles. The summed E-state index contributed by atoms with van der Waals surface area (Å²) in [6.07, 6.45) is 0.406. The van der Waals surface area contributed by atoms with E-state index >= 15 is 0 Å². The number of carbonyl (C=O) groups excluding carboxylic acids is 1. The van der Waals surface area contributed by atoms with Crippen molar-refractivity contribution in [3.63, 3.8) is 0 Å². The molecule has 1 saturated heterocycles. The molecule has 0 radical (unpaired) electrons. The molecular formula is C8H15NO3S. The van der Waals surface area contributed by atoms with E-state index in [1.165, 1.54) is 0 Å². The highest BCUT2D eigenvalue weighted by molar-refractivity contribution is 7.91. The molecule has 13 heavy (non-hydrogen) atoms. The van der Waals surface area contributed by atoms with Crippen LogP contribution in [0.4, 0.5) is 0 Å². The summed E-state index contributed by atoms with van der Waals surface area (Å²) in [4.78, 5) is 11.0. The highest BCUT2D eigenvalue weighted by Gasteiger charge is 2.35. The third kappa shape index (κ3) is 2.69. The maximum Gasteiger partial charge on any atom is 0.219 e. The van der Waals surface area contributed by atoms with Gasteiger partial charge in [-0.15, -0.1) is 0 Å². The first-order chi connectivity index (χ1) is 5.94. The van der Waals surface area contributed by atoms with Gasteiger partial charge in [-0.2, -0.15) is 0 Å². The Morgan fingerprint density at radius 2 is 2.08 bits per heavy atom. The zero-order chi connectivity index (χ0) is 10.1. The fourth-order valence-electron chi connectivity index (χ4n) is 1.52. The lowest BCUT2D eigenvalue weighted by Gasteiger charge is -2.14. The molecule has 0 bridgehead atoms. The van der Waals surface area contributed by atoms with Crippen LogP contribution in [-0.2, 0) is 14.6 Å². The van der Waals surface area contributed by atoms with E-state index in [-0.39, 0.29) is 29.4 Å². The smallest absolute Gasteiger partial charge is 0.219 e. The van der Waals surface area contributed by atoms with Gasteiger partial charge in [0, 0.05) is 12.5 Å². The number of hydrogen-bond donors (Lipinski definition) is 1. The minimum atomic E-state index is -2.91. The van der Waals surface area contributed by atoms with Gasteiger partial charge in [0.1, 0.15) is 0 Å². The average molecular weight is 205 g/mol. The van der Waals surface area contributed by atoms with E-state index < -0.39 is 9.84 Å². The van der Waals surface area contributed by atoms with Crippen LogP contribution in [0.2, 0.25) is 0 Å². The molecule has 1 amide bonds. The van der Waals surface area contributed by atoms with Gasteiger partial charge in [-0.1, -0.05) is 13.8 Å². The lowest BCUT2D eigenvalue weighted by atomic mass is 10.1. The molecule has 0 aliphatic carbocycles. The Morgan fingerprint density at radius 1 is 1.46 bits per heavy atom. The Morgan fingerprint density at radius 3 is 2.46 bits per heavy atom. The van der Waals surface area contributed by atoms with Crippen LogP contribution in [-0.4, -0.2) is 31.9 Å². The lowest BCUT2D eigenvalue weighted by Crippen LogP contribution is -2.38. The molecule has 1 rings (SSSR count). The summed E-state index contributed by atoms with van der Waals surface area (Å²) in [7, 11) is -2.91. The van der Waals surface area contributed by atoms with Gasteiger partial charge in [0.15, 0.2) is 9.84 Å². The second-order valence-electron chi connectivity index (χ2n) is 3.58. The van der Waals surface area contributed by atoms with Crippen molar-refractivity contribution in [2.24, 2.45) is 5.92 Å². The van der Waals surface area contributed by atoms with Crippen LogP contribution in [0.5, 0.6) is 0 Å². The summed E-state index contributed by atoms with van der Waals surface area (Å²) < 4.78 is 22.3. The second-order valence-corrected chi connectivity index (χ2v) is 5.74. The highest BCUT2D eigenvalue weighted by atomic mass is 32.2. The SMILES string of the molecule is CCC(=O)N[C@@H]1CS(=O)(=O)C[C@H]1C. The third-order valence-electron chi connectivity index (χ3n) is 2.30. The van der Waals surface area contributed by atoms with Crippen LogP contribution < -0.4 is 5.32 Å². The first-order valence-electron chi connectivity index (χ1n) is 4.44. The zero-order valence-electron chi connectivity index (χ0n) is 7.91. The van der Waals surface area contributed by atoms with Crippen LogP contribution >= 0.6 is 0 Å². The van der Waals surface area contributed by atoms with E-state index in [4.69, 9.17) is 0 Å². The van der Waals surface area contributed by atoms with E-state index in [1.807, 2.05) is 6.92 Å². The fraction of sp³-hybridized carbons (Fsp3) is 0.875. The number of sulfone groups is 1. The molecule has 1 heterocycles. The van der Waals surface area contributed by atoms with Gasteiger partial charge in [0.2, 0.25) is 5.91 Å². The van der Waals surface area contributed by atoms with E-state index in [2.05, 4.69) is 5.32 Å². The van der Waals surface area contributed by atoms with Crippen LogP contribution in [0.15, 0.2) is 0 Å². The molecule has 1 aliphatic rings. The standard InChI is InChI=1S/C8H15NO3S/c1-3-8(10)9-7-5-13(11,12)4-6(7)2/h6-7H,3-5H2,1-2H3,(H,9,10)/t6-,7-/m1/s1. The van der Waals surface area contributed by atoms with E-state index in [1.54, 1.807) is 6.92 Å². The molecule has 0 saturated carbocycles. The van der Waals surface area contributed by atoms with Crippen molar-refractivity contribution in [3.05, 3.63) is 0 Å². The van der Waals surface area contributed by atoms with E-state index in [9.17, 15) is 13.2 Å². The molecule has 2 atom stereocenters. The Labute approximate surface area is 78.6 Å². The molecule has 5 heteroatoms. The summed E-state index contributed by atoms with van der Waals surface area (Å²) >= 11 is 0. The van der Waals surface area contributed by atoms with Gasteiger partial charge in [-0.3, -0.25) is 4.79 Å². The zero-order valence-corrected chi connectivity index (χ0v) is 8.73. The van der Waals surface area contributed by atoms with E-state index in [0.717, 1.165) is 0 Å². The highest BCUT2D eigenvalue weighted by Crippen LogP contribution is 2.18. The first-order valence-corrected chi connectivity index (χ1v) is 6.26. The predicted octanol–water partition coefficient (Wildman–Crippen LogP) is -0.0543. The molecular weight excluding hydrogens is 190 g/mol. The summed E-state index contributed by atoms with van der Waals surface area (Å²) in [6, 6.07) is -0.183. The summed E-state index contributed by atoms with van der Waals surface area (Å²) in [5.41, 5.74) is 0. The largest absolute Gasteiger partial charge is 0.352 e. The second kappa shape index (κ2) is 3.65. The molecule has 1 aliphatic heterocycles. The van der Waals surface area contributed by atoms with Crippen LogP contribution in [0.3, 0.4) is 0 Å². The summed E-state index contributed by atoms with van der Waals surface area (Å²) in [6.45, 7) is 3.61. The van der Waals surface area contributed by atoms with E-state index in [0.29, 0.717) is 6.42 Å². The van der Waals surface area contributed by atoms with Gasteiger partial charge >= 0.3 is 0 Å². The molecule has 0 unspecified atom stereocenters. The fourth-order valence-corrected chi connectivity index (χ4v) is 3.64. The number of rotatable bonds is 2. The van der Waals surface area contributed by atoms with Gasteiger partial charge in [-0.05, 0) is 5.92 Å². The first kappa shape index (κ1) is 10.5. The minimum absolute atomic E-state index is 0.0421. The van der Waals surface area contributed by atoms with Crippen molar-refractivity contribution < 1.29 is 13.2 Å². The maximum atomic E-state index is 11.2. The van der Waals surface area contributed by atoms with Crippen molar-refractivity contribution in [3.8, 4) is 0 Å². The monoisotopic (exact) mass is 205 g/mol. The molecule has 0 aromatic rings. The topological polar surface area (TPSA) is 63.2 Å². The summed E-state index contributed by atoms with van der Waals surface area (Å²) in [5, 5.41) is 2.72. The van der Waals surface area contributed by atoms with Gasteiger partial charge in [-0.25, -0.2) is 8.42 Å². The van der Waals surface area contributed by atoms with Crippen molar-refractivity contribution in [1.82, 2.24) is 5.32 Å². The Balaban J connectivity index is 2.59. The Kier molecular flexibility index (Phi) is 2.95.